The predicted molar refractivity (Wildman–Crippen MR) is 106 cm³/mol. The number of amides is 1. The van der Waals surface area contributed by atoms with E-state index in [0.29, 0.717) is 19.7 Å². The van der Waals surface area contributed by atoms with Gasteiger partial charge in [-0.15, -0.1) is 0 Å². The summed E-state index contributed by atoms with van der Waals surface area (Å²) in [6, 6.07) is 10.6. The molecule has 1 heterocycles. The summed E-state index contributed by atoms with van der Waals surface area (Å²) in [6.45, 7) is 7.26. The number of rotatable bonds is 6. The maximum absolute atomic E-state index is 13.8. The Kier molecular flexibility index (Phi) is 6.46. The van der Waals surface area contributed by atoms with Gasteiger partial charge < -0.3 is 15.0 Å². The number of benzene rings is 2. The minimum atomic E-state index is -0.780. The van der Waals surface area contributed by atoms with Gasteiger partial charge >= 0.3 is 0 Å². The van der Waals surface area contributed by atoms with Gasteiger partial charge in [0, 0.05) is 32.2 Å². The maximum atomic E-state index is 13.8. The molecule has 1 N–H and O–H groups in total. The zero-order valence-electron chi connectivity index (χ0n) is 16.1. The van der Waals surface area contributed by atoms with Crippen LogP contribution in [-0.4, -0.2) is 49.6 Å². The van der Waals surface area contributed by atoms with E-state index in [1.807, 2.05) is 31.2 Å². The molecule has 2 aromatic carbocycles. The second-order valence-corrected chi connectivity index (χ2v) is 6.71. The number of nitrogens with zero attached hydrogens (tertiary/aromatic N) is 2. The average molecular weight is 389 g/mol. The number of hydrogen-bond acceptors (Lipinski definition) is 4. The summed E-state index contributed by atoms with van der Waals surface area (Å²) in [7, 11) is 0. The highest BCUT2D eigenvalue weighted by atomic mass is 19.1. The van der Waals surface area contributed by atoms with Gasteiger partial charge in [-0.1, -0.05) is 12.1 Å². The molecule has 150 valence electrons. The van der Waals surface area contributed by atoms with Crippen LogP contribution < -0.4 is 15.0 Å². The first kappa shape index (κ1) is 20.1. The Morgan fingerprint density at radius 2 is 1.86 bits per heavy atom. The van der Waals surface area contributed by atoms with E-state index >= 15 is 0 Å². The molecule has 1 amide bonds. The topological polar surface area (TPSA) is 44.8 Å². The SMILES string of the molecule is CCOc1ccccc1N1CCN([C@@H](C)C(=O)Nc2ccc(F)cc2F)CC1. The molecule has 2 aromatic rings. The van der Waals surface area contributed by atoms with Gasteiger partial charge in [0.2, 0.25) is 5.91 Å². The number of hydrogen-bond donors (Lipinski definition) is 1. The molecule has 3 rings (SSSR count). The van der Waals surface area contributed by atoms with E-state index in [1.54, 1.807) is 6.92 Å². The standard InChI is InChI=1S/C21H25F2N3O2/c1-3-28-20-7-5-4-6-19(20)26-12-10-25(11-13-26)15(2)21(27)24-18-9-8-16(22)14-17(18)23/h4-9,14-15H,3,10-13H2,1-2H3,(H,24,27)/t15-/m0/s1. The molecular weight excluding hydrogens is 364 g/mol. The molecule has 0 aliphatic carbocycles. The lowest BCUT2D eigenvalue weighted by atomic mass is 10.2. The first-order valence-corrected chi connectivity index (χ1v) is 9.46. The first-order chi connectivity index (χ1) is 13.5. The van der Waals surface area contributed by atoms with Crippen LogP contribution in [0.15, 0.2) is 42.5 Å². The van der Waals surface area contributed by atoms with E-state index in [1.165, 1.54) is 6.07 Å². The molecule has 1 aliphatic rings. The van der Waals surface area contributed by atoms with Gasteiger partial charge in [0.1, 0.15) is 17.4 Å². The lowest BCUT2D eigenvalue weighted by Crippen LogP contribution is -2.53. The second-order valence-electron chi connectivity index (χ2n) is 6.71. The van der Waals surface area contributed by atoms with Gasteiger partial charge in [-0.3, -0.25) is 9.69 Å². The van der Waals surface area contributed by atoms with Gasteiger partial charge in [-0.25, -0.2) is 8.78 Å². The maximum Gasteiger partial charge on any atom is 0.241 e. The number of carbonyl (C=O) groups excluding carboxylic acids is 1. The van der Waals surface area contributed by atoms with Crippen molar-refractivity contribution in [3.05, 3.63) is 54.1 Å². The van der Waals surface area contributed by atoms with Crippen LogP contribution in [-0.2, 0) is 4.79 Å². The quantitative estimate of drug-likeness (QED) is 0.821. The van der Waals surface area contributed by atoms with Crippen molar-refractivity contribution < 1.29 is 18.3 Å². The molecule has 1 saturated heterocycles. The lowest BCUT2D eigenvalue weighted by molar-refractivity contribution is -0.120. The van der Waals surface area contributed by atoms with Crippen LogP contribution >= 0.6 is 0 Å². The predicted octanol–water partition coefficient (Wildman–Crippen LogP) is 3.51. The van der Waals surface area contributed by atoms with Crippen molar-refractivity contribution in [2.24, 2.45) is 0 Å². The van der Waals surface area contributed by atoms with E-state index in [4.69, 9.17) is 4.74 Å². The Bertz CT molecular complexity index is 823. The van der Waals surface area contributed by atoms with Crippen LogP contribution in [0.1, 0.15) is 13.8 Å². The Balaban J connectivity index is 1.59. The summed E-state index contributed by atoms with van der Waals surface area (Å²) >= 11 is 0. The average Bonchev–Trinajstić information content (AvgIpc) is 2.70. The van der Waals surface area contributed by atoms with Crippen LogP contribution in [0.25, 0.3) is 0 Å². The van der Waals surface area contributed by atoms with Gasteiger partial charge in [0.05, 0.1) is 24.0 Å². The van der Waals surface area contributed by atoms with Gasteiger partial charge in [-0.05, 0) is 38.1 Å². The summed E-state index contributed by atoms with van der Waals surface area (Å²) in [6.07, 6.45) is 0. The molecule has 28 heavy (non-hydrogen) atoms. The molecule has 0 bridgehead atoms. The monoisotopic (exact) mass is 389 g/mol. The number of anilines is 2. The fraction of sp³-hybridized carbons (Fsp3) is 0.381. The van der Waals surface area contributed by atoms with Gasteiger partial charge in [-0.2, -0.15) is 0 Å². The third kappa shape index (κ3) is 4.59. The minimum Gasteiger partial charge on any atom is -0.492 e. The van der Waals surface area contributed by atoms with Crippen molar-refractivity contribution in [1.82, 2.24) is 4.90 Å². The first-order valence-electron chi connectivity index (χ1n) is 9.46. The van der Waals surface area contributed by atoms with E-state index in [-0.39, 0.29) is 11.6 Å². The number of carbonyl (C=O) groups is 1. The zero-order chi connectivity index (χ0) is 20.1. The highest BCUT2D eigenvalue weighted by molar-refractivity contribution is 5.94. The summed E-state index contributed by atoms with van der Waals surface area (Å²) in [5.74, 6) is -0.908. The van der Waals surface area contributed by atoms with E-state index in [2.05, 4.69) is 15.1 Å². The number of halogens is 2. The second kappa shape index (κ2) is 9.01. The molecule has 1 aliphatic heterocycles. The summed E-state index contributed by atoms with van der Waals surface area (Å²) < 4.78 is 32.5. The molecule has 7 heteroatoms. The van der Waals surface area contributed by atoms with Crippen molar-refractivity contribution in [2.45, 2.75) is 19.9 Å². The van der Waals surface area contributed by atoms with E-state index in [9.17, 15) is 13.6 Å². The highest BCUT2D eigenvalue weighted by Gasteiger charge is 2.27. The number of nitrogens with one attached hydrogen (secondary N) is 1. The van der Waals surface area contributed by atoms with Gasteiger partial charge in [0.25, 0.3) is 0 Å². The van der Waals surface area contributed by atoms with E-state index in [0.717, 1.165) is 36.7 Å². The molecule has 5 nitrogen and oxygen atoms in total. The fourth-order valence-electron chi connectivity index (χ4n) is 3.34. The van der Waals surface area contributed by atoms with Crippen molar-refractivity contribution >= 4 is 17.3 Å². The largest absolute Gasteiger partial charge is 0.492 e. The molecule has 0 radical (unpaired) electrons. The fourth-order valence-corrected chi connectivity index (χ4v) is 3.34. The van der Waals surface area contributed by atoms with Crippen LogP contribution in [0.4, 0.5) is 20.2 Å². The summed E-state index contributed by atoms with van der Waals surface area (Å²) in [5.41, 5.74) is 1.04. The Morgan fingerprint density at radius 3 is 2.54 bits per heavy atom. The van der Waals surface area contributed by atoms with Crippen molar-refractivity contribution in [3.63, 3.8) is 0 Å². The third-order valence-corrected chi connectivity index (χ3v) is 4.94. The lowest BCUT2D eigenvalue weighted by Gasteiger charge is -2.39. The smallest absolute Gasteiger partial charge is 0.241 e. The summed E-state index contributed by atoms with van der Waals surface area (Å²) in [5, 5.41) is 2.55. The number of para-hydroxylation sites is 2. The van der Waals surface area contributed by atoms with Crippen LogP contribution in [0, 0.1) is 11.6 Å². The van der Waals surface area contributed by atoms with E-state index < -0.39 is 17.7 Å². The van der Waals surface area contributed by atoms with Crippen LogP contribution in [0.2, 0.25) is 0 Å². The Labute approximate surface area is 163 Å². The van der Waals surface area contributed by atoms with Crippen molar-refractivity contribution in [2.75, 3.05) is 43.0 Å². The van der Waals surface area contributed by atoms with Crippen molar-refractivity contribution in [1.29, 1.82) is 0 Å². The molecule has 0 saturated carbocycles. The molecular formula is C21H25F2N3O2. The van der Waals surface area contributed by atoms with Gasteiger partial charge in [0.15, 0.2) is 0 Å². The van der Waals surface area contributed by atoms with Crippen molar-refractivity contribution in [3.8, 4) is 5.75 Å². The van der Waals surface area contributed by atoms with Crippen LogP contribution in [0.5, 0.6) is 5.75 Å². The molecule has 1 fully saturated rings. The number of ether oxygens (including phenoxy) is 1. The molecule has 1 atom stereocenters. The highest BCUT2D eigenvalue weighted by Crippen LogP contribution is 2.29. The zero-order valence-corrected chi connectivity index (χ0v) is 16.1. The molecule has 0 spiro atoms. The third-order valence-electron chi connectivity index (χ3n) is 4.94. The molecule has 0 unspecified atom stereocenters. The Hall–Kier alpha value is -2.67. The minimum absolute atomic E-state index is 0.0115. The number of piperazine rings is 1. The normalized spacial score (nSPS) is 15.9. The Morgan fingerprint density at radius 1 is 1.14 bits per heavy atom. The summed E-state index contributed by atoms with van der Waals surface area (Å²) in [4.78, 5) is 16.8. The molecule has 0 aromatic heterocycles. The van der Waals surface area contributed by atoms with Crippen LogP contribution in [0.3, 0.4) is 0 Å².